The molecule has 1 atom stereocenters. The fourth-order valence-electron chi connectivity index (χ4n) is 2.52. The van der Waals surface area contributed by atoms with Crippen LogP contribution in [0.25, 0.3) is 11.0 Å². The van der Waals surface area contributed by atoms with E-state index in [2.05, 4.69) is 4.98 Å². The first-order valence-corrected chi connectivity index (χ1v) is 7.04. The van der Waals surface area contributed by atoms with Crippen molar-refractivity contribution < 1.29 is 8.78 Å². The van der Waals surface area contributed by atoms with Crippen molar-refractivity contribution in [1.82, 2.24) is 9.55 Å². The number of benzene rings is 2. The van der Waals surface area contributed by atoms with Crippen LogP contribution < -0.4 is 0 Å². The highest BCUT2D eigenvalue weighted by Gasteiger charge is 2.15. The number of aromatic amines is 1. The predicted octanol–water partition coefficient (Wildman–Crippen LogP) is 4.89. The summed E-state index contributed by atoms with van der Waals surface area (Å²) in [6.45, 7) is 3.63. The molecular formula is C16H14F2N2S. The molecule has 1 N–H and O–H groups in total. The molecule has 0 saturated heterocycles. The van der Waals surface area contributed by atoms with E-state index in [0.717, 1.165) is 5.56 Å². The first-order chi connectivity index (χ1) is 9.99. The third-order valence-corrected chi connectivity index (χ3v) is 4.07. The number of aromatic nitrogens is 2. The second-order valence-corrected chi connectivity index (χ2v) is 5.51. The fraction of sp³-hybridized carbons (Fsp3) is 0.188. The Kier molecular flexibility index (Phi) is 3.37. The van der Waals surface area contributed by atoms with Crippen LogP contribution in [0.2, 0.25) is 0 Å². The summed E-state index contributed by atoms with van der Waals surface area (Å²) >= 11 is 5.29. The van der Waals surface area contributed by atoms with Crippen LogP contribution >= 0.6 is 12.2 Å². The van der Waals surface area contributed by atoms with Gasteiger partial charge in [-0.3, -0.25) is 0 Å². The summed E-state index contributed by atoms with van der Waals surface area (Å²) in [6.07, 6.45) is 0. The molecule has 0 saturated carbocycles. The summed E-state index contributed by atoms with van der Waals surface area (Å²) in [4.78, 5) is 2.88. The monoisotopic (exact) mass is 304 g/mol. The highest BCUT2D eigenvalue weighted by atomic mass is 32.1. The van der Waals surface area contributed by atoms with Gasteiger partial charge in [-0.1, -0.05) is 18.2 Å². The van der Waals surface area contributed by atoms with Crippen LogP contribution in [0.5, 0.6) is 0 Å². The highest BCUT2D eigenvalue weighted by Crippen LogP contribution is 2.26. The molecule has 21 heavy (non-hydrogen) atoms. The Morgan fingerprint density at radius 1 is 1.14 bits per heavy atom. The van der Waals surface area contributed by atoms with Crippen molar-refractivity contribution in [2.24, 2.45) is 0 Å². The number of para-hydroxylation sites is 1. The number of hydrogen-bond donors (Lipinski definition) is 1. The van der Waals surface area contributed by atoms with Gasteiger partial charge in [0.2, 0.25) is 0 Å². The number of nitrogens with zero attached hydrogens (tertiary/aromatic N) is 1. The van der Waals surface area contributed by atoms with E-state index >= 15 is 0 Å². The molecule has 1 heterocycles. The smallest absolute Gasteiger partial charge is 0.178 e. The average molecular weight is 304 g/mol. The van der Waals surface area contributed by atoms with Gasteiger partial charge < -0.3 is 9.55 Å². The second kappa shape index (κ2) is 5.07. The van der Waals surface area contributed by atoms with Crippen LogP contribution in [0.4, 0.5) is 8.78 Å². The lowest BCUT2D eigenvalue weighted by molar-refractivity contribution is 0.600. The standard InChI is InChI=1S/C16H14F2N2S/c1-9-6-7-11(8-13(9)18)10(2)20-14-5-3-4-12(17)15(14)19-16(20)21/h3-8,10H,1-2H3,(H,19,21). The lowest BCUT2D eigenvalue weighted by Gasteiger charge is -2.15. The zero-order valence-electron chi connectivity index (χ0n) is 11.7. The molecule has 0 aliphatic heterocycles. The Morgan fingerprint density at radius 3 is 2.62 bits per heavy atom. The molecule has 2 aromatic carbocycles. The number of fused-ring (bicyclic) bond motifs is 1. The predicted molar refractivity (Wildman–Crippen MR) is 82.0 cm³/mol. The molecule has 1 aromatic heterocycles. The maximum atomic E-state index is 13.8. The summed E-state index contributed by atoms with van der Waals surface area (Å²) < 4.78 is 29.8. The summed E-state index contributed by atoms with van der Waals surface area (Å²) in [5.74, 6) is -0.600. The van der Waals surface area contributed by atoms with Crippen LogP contribution in [0.1, 0.15) is 24.1 Å². The van der Waals surface area contributed by atoms with Crippen molar-refractivity contribution in [3.8, 4) is 0 Å². The van der Waals surface area contributed by atoms with Gasteiger partial charge in [0.1, 0.15) is 17.2 Å². The molecule has 108 valence electrons. The van der Waals surface area contributed by atoms with Crippen LogP contribution in [0.15, 0.2) is 36.4 Å². The van der Waals surface area contributed by atoms with Gasteiger partial charge >= 0.3 is 0 Å². The SMILES string of the molecule is Cc1ccc(C(C)n2c(=S)[nH]c3c(F)cccc32)cc1F. The van der Waals surface area contributed by atoms with Gasteiger partial charge in [-0.05, 0) is 55.4 Å². The van der Waals surface area contributed by atoms with Crippen LogP contribution in [-0.4, -0.2) is 9.55 Å². The van der Waals surface area contributed by atoms with Crippen molar-refractivity contribution in [3.05, 3.63) is 63.9 Å². The van der Waals surface area contributed by atoms with E-state index < -0.39 is 0 Å². The van der Waals surface area contributed by atoms with Crippen molar-refractivity contribution in [2.45, 2.75) is 19.9 Å². The first-order valence-electron chi connectivity index (χ1n) is 6.64. The number of H-pyrrole nitrogens is 1. The number of nitrogens with one attached hydrogen (secondary N) is 1. The van der Waals surface area contributed by atoms with Gasteiger partial charge in [0.15, 0.2) is 4.77 Å². The van der Waals surface area contributed by atoms with Crippen LogP contribution in [-0.2, 0) is 0 Å². The Labute approximate surface area is 126 Å². The molecule has 0 aliphatic carbocycles. The van der Waals surface area contributed by atoms with Gasteiger partial charge in [0, 0.05) is 0 Å². The van der Waals surface area contributed by atoms with Gasteiger partial charge in [-0.15, -0.1) is 0 Å². The van der Waals surface area contributed by atoms with E-state index in [1.165, 1.54) is 12.1 Å². The van der Waals surface area contributed by atoms with Gasteiger partial charge in [-0.2, -0.15) is 0 Å². The number of aryl methyl sites for hydroxylation is 1. The molecule has 3 aromatic rings. The Balaban J connectivity index is 2.20. The Hall–Kier alpha value is -2.01. The molecule has 5 heteroatoms. The fourth-order valence-corrected chi connectivity index (χ4v) is 2.87. The number of imidazole rings is 1. The van der Waals surface area contributed by atoms with Gasteiger partial charge in [-0.25, -0.2) is 8.78 Å². The minimum Gasteiger partial charge on any atom is -0.328 e. The molecule has 0 fully saturated rings. The molecule has 2 nitrogen and oxygen atoms in total. The molecule has 0 amide bonds. The zero-order chi connectivity index (χ0) is 15.1. The maximum absolute atomic E-state index is 13.8. The largest absolute Gasteiger partial charge is 0.328 e. The number of rotatable bonds is 2. The number of halogens is 2. The molecular weight excluding hydrogens is 290 g/mol. The van der Waals surface area contributed by atoms with E-state index in [1.54, 1.807) is 29.7 Å². The highest BCUT2D eigenvalue weighted by molar-refractivity contribution is 7.71. The van der Waals surface area contributed by atoms with E-state index in [9.17, 15) is 8.78 Å². The Bertz CT molecular complexity index is 880. The second-order valence-electron chi connectivity index (χ2n) is 5.12. The third kappa shape index (κ3) is 2.27. The molecule has 0 bridgehead atoms. The topological polar surface area (TPSA) is 20.7 Å². The normalized spacial score (nSPS) is 12.8. The van der Waals surface area contributed by atoms with E-state index in [-0.39, 0.29) is 17.7 Å². The number of hydrogen-bond acceptors (Lipinski definition) is 1. The van der Waals surface area contributed by atoms with Gasteiger partial charge in [0.25, 0.3) is 0 Å². The first kappa shape index (κ1) is 13.9. The summed E-state index contributed by atoms with van der Waals surface area (Å²) in [5.41, 5.74) is 2.44. The van der Waals surface area contributed by atoms with Crippen molar-refractivity contribution in [2.75, 3.05) is 0 Å². The zero-order valence-corrected chi connectivity index (χ0v) is 12.5. The van der Waals surface area contributed by atoms with E-state index in [1.807, 2.05) is 13.0 Å². The molecule has 1 unspecified atom stereocenters. The summed E-state index contributed by atoms with van der Waals surface area (Å²) in [7, 11) is 0. The molecule has 0 spiro atoms. The van der Waals surface area contributed by atoms with E-state index in [4.69, 9.17) is 12.2 Å². The van der Waals surface area contributed by atoms with Gasteiger partial charge in [0.05, 0.1) is 11.6 Å². The van der Waals surface area contributed by atoms with E-state index in [0.29, 0.717) is 21.4 Å². The maximum Gasteiger partial charge on any atom is 0.178 e. The summed E-state index contributed by atoms with van der Waals surface area (Å²) in [5, 5.41) is 0. The minimum atomic E-state index is -0.348. The quantitative estimate of drug-likeness (QED) is 0.668. The van der Waals surface area contributed by atoms with Crippen LogP contribution in [0.3, 0.4) is 0 Å². The summed E-state index contributed by atoms with van der Waals surface area (Å²) in [6, 6.07) is 9.73. The van der Waals surface area contributed by atoms with Crippen molar-refractivity contribution >= 4 is 23.3 Å². The lowest BCUT2D eigenvalue weighted by Crippen LogP contribution is -2.07. The Morgan fingerprint density at radius 2 is 1.90 bits per heavy atom. The van der Waals surface area contributed by atoms with Crippen LogP contribution in [0, 0.1) is 23.3 Å². The van der Waals surface area contributed by atoms with Crippen molar-refractivity contribution in [1.29, 1.82) is 0 Å². The molecule has 0 radical (unpaired) electrons. The molecule has 3 rings (SSSR count). The average Bonchev–Trinajstić information content (AvgIpc) is 2.79. The third-order valence-electron chi connectivity index (χ3n) is 3.77. The molecule has 0 aliphatic rings. The van der Waals surface area contributed by atoms with Crippen molar-refractivity contribution in [3.63, 3.8) is 0 Å². The minimum absolute atomic E-state index is 0.192. The lowest BCUT2D eigenvalue weighted by atomic mass is 10.1.